The molecule has 100 valence electrons. The van der Waals surface area contributed by atoms with E-state index in [1.807, 2.05) is 0 Å². The Morgan fingerprint density at radius 2 is 1.94 bits per heavy atom. The molecular formula is C14H27NO2. The second-order valence-electron chi connectivity index (χ2n) is 5.49. The molecule has 1 heterocycles. The summed E-state index contributed by atoms with van der Waals surface area (Å²) in [4.78, 5) is 0. The van der Waals surface area contributed by atoms with Gasteiger partial charge in [0.25, 0.3) is 0 Å². The molecule has 3 heteroatoms. The van der Waals surface area contributed by atoms with E-state index in [0.29, 0.717) is 6.04 Å². The molecule has 2 fully saturated rings. The molecule has 1 aliphatic carbocycles. The molecule has 2 rings (SSSR count). The lowest BCUT2D eigenvalue weighted by Crippen LogP contribution is -2.50. The predicted octanol–water partition coefficient (Wildman–Crippen LogP) is 2.21. The summed E-state index contributed by atoms with van der Waals surface area (Å²) < 4.78 is 11.4. The molecule has 2 aliphatic rings. The molecule has 0 aromatic heterocycles. The first kappa shape index (κ1) is 13.3. The zero-order valence-electron chi connectivity index (χ0n) is 11.3. The highest BCUT2D eigenvalue weighted by atomic mass is 16.6. The molecule has 2 unspecified atom stereocenters. The van der Waals surface area contributed by atoms with Crippen LogP contribution in [0.2, 0.25) is 0 Å². The molecular weight excluding hydrogens is 214 g/mol. The average Bonchev–Trinajstić information content (AvgIpc) is 2.42. The molecule has 1 saturated heterocycles. The Morgan fingerprint density at radius 3 is 2.47 bits per heavy atom. The highest BCUT2D eigenvalue weighted by Crippen LogP contribution is 2.33. The number of hydrogen-bond donors (Lipinski definition) is 1. The van der Waals surface area contributed by atoms with Gasteiger partial charge in [-0.3, -0.25) is 0 Å². The van der Waals surface area contributed by atoms with Gasteiger partial charge in [0.15, 0.2) is 0 Å². The minimum atomic E-state index is 0.261. The zero-order chi connectivity index (χ0) is 12.1. The lowest BCUT2D eigenvalue weighted by molar-refractivity contribution is -0.110. The Kier molecular flexibility index (Phi) is 5.26. The van der Waals surface area contributed by atoms with Crippen molar-refractivity contribution in [2.24, 2.45) is 11.8 Å². The molecule has 3 nitrogen and oxygen atoms in total. The predicted molar refractivity (Wildman–Crippen MR) is 69.1 cm³/mol. The fraction of sp³-hybridized carbons (Fsp3) is 1.00. The maximum atomic E-state index is 5.85. The van der Waals surface area contributed by atoms with E-state index < -0.39 is 0 Å². The number of hydrogen-bond acceptors (Lipinski definition) is 3. The van der Waals surface area contributed by atoms with Gasteiger partial charge in [0.05, 0.1) is 25.9 Å². The van der Waals surface area contributed by atoms with Crippen molar-refractivity contribution in [1.29, 1.82) is 0 Å². The number of nitrogens with one attached hydrogen (secondary N) is 1. The summed E-state index contributed by atoms with van der Waals surface area (Å²) in [7, 11) is 2.06. The van der Waals surface area contributed by atoms with E-state index in [4.69, 9.17) is 9.47 Å². The minimum Gasteiger partial charge on any atom is -0.376 e. The van der Waals surface area contributed by atoms with Crippen molar-refractivity contribution in [2.45, 2.75) is 51.2 Å². The summed E-state index contributed by atoms with van der Waals surface area (Å²) in [6, 6.07) is 0.480. The first-order chi connectivity index (χ1) is 8.35. The van der Waals surface area contributed by atoms with Gasteiger partial charge >= 0.3 is 0 Å². The topological polar surface area (TPSA) is 30.5 Å². The quantitative estimate of drug-likeness (QED) is 0.818. The maximum absolute atomic E-state index is 5.85. The number of ether oxygens (including phenoxy) is 2. The van der Waals surface area contributed by atoms with Crippen LogP contribution in [0.5, 0.6) is 0 Å². The normalized spacial score (nSPS) is 36.7. The van der Waals surface area contributed by atoms with Gasteiger partial charge in [-0.25, -0.2) is 0 Å². The van der Waals surface area contributed by atoms with Crippen LogP contribution in [0.4, 0.5) is 0 Å². The Hall–Kier alpha value is -0.120. The summed E-state index contributed by atoms with van der Waals surface area (Å²) in [5.41, 5.74) is 0. The van der Waals surface area contributed by atoms with E-state index in [1.54, 1.807) is 0 Å². The highest BCUT2D eigenvalue weighted by molar-refractivity contribution is 4.87. The van der Waals surface area contributed by atoms with Gasteiger partial charge in [-0.05, 0) is 31.7 Å². The lowest BCUT2D eigenvalue weighted by Gasteiger charge is -2.38. The van der Waals surface area contributed by atoms with Crippen molar-refractivity contribution in [1.82, 2.24) is 5.32 Å². The maximum Gasteiger partial charge on any atom is 0.0964 e. The molecule has 0 aromatic carbocycles. The van der Waals surface area contributed by atoms with Gasteiger partial charge in [-0.15, -0.1) is 0 Å². The number of rotatable bonds is 4. The largest absolute Gasteiger partial charge is 0.376 e. The first-order valence-electron chi connectivity index (χ1n) is 7.21. The van der Waals surface area contributed by atoms with E-state index in [2.05, 4.69) is 19.3 Å². The molecule has 1 saturated carbocycles. The summed E-state index contributed by atoms with van der Waals surface area (Å²) in [6.07, 6.45) is 7.10. The van der Waals surface area contributed by atoms with E-state index >= 15 is 0 Å². The molecule has 1 N–H and O–H groups in total. The van der Waals surface area contributed by atoms with E-state index in [1.165, 1.54) is 32.1 Å². The third kappa shape index (κ3) is 3.43. The SMILES string of the molecule is CCC1CCC(C(NC)C2COCCO2)CC1. The van der Waals surface area contributed by atoms with Gasteiger partial charge in [0.1, 0.15) is 0 Å². The van der Waals surface area contributed by atoms with Crippen molar-refractivity contribution in [2.75, 3.05) is 26.9 Å². The highest BCUT2D eigenvalue weighted by Gasteiger charge is 2.33. The van der Waals surface area contributed by atoms with Crippen LogP contribution < -0.4 is 5.32 Å². The summed E-state index contributed by atoms with van der Waals surface area (Å²) in [5, 5.41) is 3.47. The Labute approximate surface area is 105 Å². The van der Waals surface area contributed by atoms with Crippen molar-refractivity contribution in [3.63, 3.8) is 0 Å². The molecule has 0 radical (unpaired) electrons. The third-order valence-electron chi connectivity index (χ3n) is 4.55. The van der Waals surface area contributed by atoms with Crippen molar-refractivity contribution in [3.8, 4) is 0 Å². The van der Waals surface area contributed by atoms with Crippen LogP contribution in [-0.4, -0.2) is 39.0 Å². The average molecular weight is 241 g/mol. The molecule has 17 heavy (non-hydrogen) atoms. The zero-order valence-corrected chi connectivity index (χ0v) is 11.3. The van der Waals surface area contributed by atoms with E-state index in [-0.39, 0.29) is 6.10 Å². The molecule has 0 spiro atoms. The first-order valence-corrected chi connectivity index (χ1v) is 7.21. The van der Waals surface area contributed by atoms with Crippen LogP contribution in [-0.2, 0) is 9.47 Å². The van der Waals surface area contributed by atoms with Crippen LogP contribution in [0.15, 0.2) is 0 Å². The third-order valence-corrected chi connectivity index (χ3v) is 4.55. The summed E-state index contributed by atoms with van der Waals surface area (Å²) >= 11 is 0. The molecule has 0 amide bonds. The minimum absolute atomic E-state index is 0.261. The Bertz CT molecular complexity index is 208. The van der Waals surface area contributed by atoms with Crippen LogP contribution in [0, 0.1) is 11.8 Å². The van der Waals surface area contributed by atoms with E-state index in [0.717, 1.165) is 31.7 Å². The molecule has 0 aromatic rings. The second kappa shape index (κ2) is 6.72. The van der Waals surface area contributed by atoms with Crippen LogP contribution in [0.1, 0.15) is 39.0 Å². The monoisotopic (exact) mass is 241 g/mol. The summed E-state index contributed by atoms with van der Waals surface area (Å²) in [5.74, 6) is 1.74. The van der Waals surface area contributed by atoms with Gasteiger partial charge in [-0.1, -0.05) is 26.2 Å². The fourth-order valence-corrected chi connectivity index (χ4v) is 3.39. The Morgan fingerprint density at radius 1 is 1.18 bits per heavy atom. The molecule has 1 aliphatic heterocycles. The Balaban J connectivity index is 1.85. The second-order valence-corrected chi connectivity index (χ2v) is 5.49. The van der Waals surface area contributed by atoms with Crippen molar-refractivity contribution >= 4 is 0 Å². The fourth-order valence-electron chi connectivity index (χ4n) is 3.39. The van der Waals surface area contributed by atoms with Crippen molar-refractivity contribution in [3.05, 3.63) is 0 Å². The molecule has 2 atom stereocenters. The lowest BCUT2D eigenvalue weighted by atomic mass is 9.76. The number of likely N-dealkylation sites (N-methyl/N-ethyl adjacent to an activating group) is 1. The standard InChI is InChI=1S/C14H27NO2/c1-3-11-4-6-12(7-5-11)14(15-2)13-10-16-8-9-17-13/h11-15H,3-10H2,1-2H3. The smallest absolute Gasteiger partial charge is 0.0964 e. The van der Waals surface area contributed by atoms with Crippen LogP contribution in [0.25, 0.3) is 0 Å². The van der Waals surface area contributed by atoms with Crippen LogP contribution >= 0.6 is 0 Å². The van der Waals surface area contributed by atoms with E-state index in [9.17, 15) is 0 Å². The van der Waals surface area contributed by atoms with Gasteiger partial charge in [-0.2, -0.15) is 0 Å². The van der Waals surface area contributed by atoms with Crippen LogP contribution in [0.3, 0.4) is 0 Å². The van der Waals surface area contributed by atoms with Gasteiger partial charge < -0.3 is 14.8 Å². The van der Waals surface area contributed by atoms with Gasteiger partial charge in [0.2, 0.25) is 0 Å². The van der Waals surface area contributed by atoms with Gasteiger partial charge in [0, 0.05) is 6.04 Å². The van der Waals surface area contributed by atoms with Crippen molar-refractivity contribution < 1.29 is 9.47 Å². The molecule has 0 bridgehead atoms. The summed E-state index contributed by atoms with van der Waals surface area (Å²) in [6.45, 7) is 4.60.